The molecule has 0 bridgehead atoms. The lowest BCUT2D eigenvalue weighted by Gasteiger charge is -2.36. The number of nitro groups is 1. The monoisotopic (exact) mass is 290 g/mol. The third kappa shape index (κ3) is 3.10. The summed E-state index contributed by atoms with van der Waals surface area (Å²) >= 11 is 0. The maximum atomic E-state index is 11.4. The zero-order valence-corrected chi connectivity index (χ0v) is 12.4. The van der Waals surface area contributed by atoms with Gasteiger partial charge in [0.15, 0.2) is 0 Å². The second kappa shape index (κ2) is 5.89. The molecule has 2 aliphatic rings. The maximum Gasteiger partial charge on any atom is 0.315 e. The van der Waals surface area contributed by atoms with Crippen LogP contribution in [0.3, 0.4) is 0 Å². The van der Waals surface area contributed by atoms with E-state index in [9.17, 15) is 10.1 Å². The fraction of sp³-hybridized carbons (Fsp3) is 0.600. The van der Waals surface area contributed by atoms with Crippen LogP contribution in [0.1, 0.15) is 12.8 Å². The molecule has 1 aliphatic carbocycles. The molecular weight excluding hydrogens is 268 g/mol. The van der Waals surface area contributed by atoms with Crippen molar-refractivity contribution in [3.05, 3.63) is 28.3 Å². The molecule has 1 aromatic rings. The smallest absolute Gasteiger partial charge is 0.315 e. The Kier molecular flexibility index (Phi) is 3.96. The van der Waals surface area contributed by atoms with Gasteiger partial charge in [-0.1, -0.05) is 6.07 Å². The topological polar surface area (TPSA) is 61.6 Å². The Morgan fingerprint density at radius 1 is 1.29 bits per heavy atom. The average Bonchev–Trinajstić information content (AvgIpc) is 3.31. The number of hydrogen-bond acceptors (Lipinski definition) is 5. The molecule has 1 saturated carbocycles. The van der Waals surface area contributed by atoms with Gasteiger partial charge in [-0.05, 0) is 30.9 Å². The van der Waals surface area contributed by atoms with Crippen LogP contribution in [0.25, 0.3) is 0 Å². The van der Waals surface area contributed by atoms with Gasteiger partial charge in [-0.25, -0.2) is 0 Å². The van der Waals surface area contributed by atoms with Crippen LogP contribution in [0.2, 0.25) is 0 Å². The second-order valence-electron chi connectivity index (χ2n) is 5.91. The predicted molar refractivity (Wildman–Crippen MR) is 84.0 cm³/mol. The number of nitrogens with one attached hydrogen (secondary N) is 1. The van der Waals surface area contributed by atoms with Crippen molar-refractivity contribution in [1.82, 2.24) is 4.90 Å². The maximum absolute atomic E-state index is 11.4. The second-order valence-corrected chi connectivity index (χ2v) is 5.91. The molecule has 0 radical (unpaired) electrons. The molecule has 6 heteroatoms. The zero-order valence-electron chi connectivity index (χ0n) is 12.4. The summed E-state index contributed by atoms with van der Waals surface area (Å²) in [5, 5.41) is 14.3. The first-order valence-corrected chi connectivity index (χ1v) is 7.61. The summed E-state index contributed by atoms with van der Waals surface area (Å²) < 4.78 is 0. The van der Waals surface area contributed by atoms with Crippen LogP contribution < -0.4 is 10.2 Å². The first kappa shape index (κ1) is 14.1. The normalized spacial score (nSPS) is 19.6. The highest BCUT2D eigenvalue weighted by Crippen LogP contribution is 2.36. The summed E-state index contributed by atoms with van der Waals surface area (Å²) in [4.78, 5) is 15.7. The van der Waals surface area contributed by atoms with Crippen molar-refractivity contribution in [2.24, 2.45) is 5.92 Å². The molecule has 1 aromatic carbocycles. The zero-order chi connectivity index (χ0) is 14.8. The van der Waals surface area contributed by atoms with Crippen molar-refractivity contribution >= 4 is 17.1 Å². The van der Waals surface area contributed by atoms with E-state index in [0.29, 0.717) is 5.69 Å². The van der Waals surface area contributed by atoms with E-state index in [1.165, 1.54) is 19.4 Å². The number of anilines is 2. The van der Waals surface area contributed by atoms with E-state index in [1.807, 2.05) is 12.1 Å². The van der Waals surface area contributed by atoms with Crippen LogP contribution in [0.15, 0.2) is 18.2 Å². The predicted octanol–water partition coefficient (Wildman–Crippen LogP) is 2.17. The number of benzene rings is 1. The van der Waals surface area contributed by atoms with Crippen LogP contribution in [0.4, 0.5) is 17.1 Å². The molecule has 0 unspecified atom stereocenters. The highest BCUT2D eigenvalue weighted by atomic mass is 16.6. The van der Waals surface area contributed by atoms with Crippen molar-refractivity contribution in [2.75, 3.05) is 50.0 Å². The molecule has 1 aliphatic heterocycles. The fourth-order valence-corrected chi connectivity index (χ4v) is 3.02. The van der Waals surface area contributed by atoms with Crippen molar-refractivity contribution in [2.45, 2.75) is 12.8 Å². The Morgan fingerprint density at radius 2 is 2.00 bits per heavy atom. The number of hydrogen-bond donors (Lipinski definition) is 1. The molecule has 3 rings (SSSR count). The summed E-state index contributed by atoms with van der Waals surface area (Å²) in [7, 11) is 1.72. The summed E-state index contributed by atoms with van der Waals surface area (Å²) in [6, 6.07) is 5.49. The molecule has 1 N–H and O–H groups in total. The van der Waals surface area contributed by atoms with Gasteiger partial charge in [0.2, 0.25) is 0 Å². The van der Waals surface area contributed by atoms with Crippen molar-refractivity contribution in [3.8, 4) is 0 Å². The number of para-hydroxylation sites is 1. The Hall–Kier alpha value is -1.82. The summed E-state index contributed by atoms with van der Waals surface area (Å²) in [5.41, 5.74) is 1.51. The quantitative estimate of drug-likeness (QED) is 0.665. The third-order valence-corrected chi connectivity index (χ3v) is 4.39. The minimum Gasteiger partial charge on any atom is -0.382 e. The molecule has 21 heavy (non-hydrogen) atoms. The molecule has 0 aromatic heterocycles. The number of piperazine rings is 1. The lowest BCUT2D eigenvalue weighted by Crippen LogP contribution is -2.47. The van der Waals surface area contributed by atoms with Gasteiger partial charge in [0, 0.05) is 39.8 Å². The van der Waals surface area contributed by atoms with Gasteiger partial charge in [0.1, 0.15) is 11.4 Å². The van der Waals surface area contributed by atoms with Crippen molar-refractivity contribution in [1.29, 1.82) is 0 Å². The molecule has 0 amide bonds. The van der Waals surface area contributed by atoms with Gasteiger partial charge in [-0.3, -0.25) is 15.0 Å². The Morgan fingerprint density at radius 3 is 2.57 bits per heavy atom. The lowest BCUT2D eigenvalue weighted by molar-refractivity contribution is -0.383. The van der Waals surface area contributed by atoms with E-state index in [2.05, 4.69) is 15.1 Å². The first-order valence-electron chi connectivity index (χ1n) is 7.61. The summed E-state index contributed by atoms with van der Waals surface area (Å²) in [5.74, 6) is 0.901. The molecule has 0 spiro atoms. The third-order valence-electron chi connectivity index (χ3n) is 4.39. The van der Waals surface area contributed by atoms with E-state index in [0.717, 1.165) is 37.8 Å². The van der Waals surface area contributed by atoms with E-state index >= 15 is 0 Å². The average molecular weight is 290 g/mol. The Labute approximate surface area is 124 Å². The van der Waals surface area contributed by atoms with Gasteiger partial charge in [0.25, 0.3) is 0 Å². The molecule has 2 fully saturated rings. The van der Waals surface area contributed by atoms with E-state index in [-0.39, 0.29) is 10.6 Å². The number of nitro benzene ring substituents is 1. The molecular formula is C15H22N4O2. The SMILES string of the molecule is CNc1cccc(N2CCN(CC3CC3)CC2)c1[N+](=O)[O-]. The lowest BCUT2D eigenvalue weighted by atomic mass is 10.2. The summed E-state index contributed by atoms with van der Waals surface area (Å²) in [6.45, 7) is 4.92. The molecule has 0 atom stereocenters. The molecule has 6 nitrogen and oxygen atoms in total. The molecule has 1 heterocycles. The van der Waals surface area contributed by atoms with Crippen molar-refractivity contribution < 1.29 is 4.92 Å². The van der Waals surface area contributed by atoms with Crippen LogP contribution in [0, 0.1) is 16.0 Å². The minimum absolute atomic E-state index is 0.190. The fourth-order valence-electron chi connectivity index (χ4n) is 3.02. The van der Waals surface area contributed by atoms with E-state index < -0.39 is 0 Å². The van der Waals surface area contributed by atoms with Gasteiger partial charge in [-0.15, -0.1) is 0 Å². The van der Waals surface area contributed by atoms with Gasteiger partial charge < -0.3 is 10.2 Å². The number of rotatable bonds is 5. The van der Waals surface area contributed by atoms with Gasteiger partial charge in [-0.2, -0.15) is 0 Å². The van der Waals surface area contributed by atoms with Crippen molar-refractivity contribution in [3.63, 3.8) is 0 Å². The standard InChI is InChI=1S/C15H22N4O2/c1-16-13-3-2-4-14(15(13)19(20)21)18-9-7-17(8-10-18)11-12-5-6-12/h2-4,12,16H,5-11H2,1H3. The van der Waals surface area contributed by atoms with Gasteiger partial charge in [0.05, 0.1) is 4.92 Å². The Bertz CT molecular complexity index is 522. The Balaban J connectivity index is 1.73. The highest BCUT2D eigenvalue weighted by molar-refractivity contribution is 5.77. The largest absolute Gasteiger partial charge is 0.382 e. The van der Waals surface area contributed by atoms with E-state index in [1.54, 1.807) is 13.1 Å². The van der Waals surface area contributed by atoms with E-state index in [4.69, 9.17) is 0 Å². The summed E-state index contributed by atoms with van der Waals surface area (Å²) in [6.07, 6.45) is 2.74. The first-order chi connectivity index (χ1) is 10.2. The minimum atomic E-state index is -0.280. The highest BCUT2D eigenvalue weighted by Gasteiger charge is 2.29. The van der Waals surface area contributed by atoms with Crippen LogP contribution in [-0.4, -0.2) is 49.6 Å². The number of nitrogens with zero attached hydrogens (tertiary/aromatic N) is 3. The van der Waals surface area contributed by atoms with Crippen LogP contribution in [-0.2, 0) is 0 Å². The van der Waals surface area contributed by atoms with Crippen LogP contribution >= 0.6 is 0 Å². The molecule has 1 saturated heterocycles. The van der Waals surface area contributed by atoms with Gasteiger partial charge >= 0.3 is 5.69 Å². The molecule has 114 valence electrons. The van der Waals surface area contributed by atoms with Crippen LogP contribution in [0.5, 0.6) is 0 Å².